The normalized spacial score (nSPS) is 12.8. The summed E-state index contributed by atoms with van der Waals surface area (Å²) in [7, 11) is 1.86. The van der Waals surface area contributed by atoms with Gasteiger partial charge in [-0.3, -0.25) is 4.79 Å². The van der Waals surface area contributed by atoms with E-state index in [9.17, 15) is 4.79 Å². The first-order chi connectivity index (χ1) is 13.2. The van der Waals surface area contributed by atoms with Crippen molar-refractivity contribution in [2.75, 3.05) is 23.9 Å². The molecule has 4 rings (SSSR count). The van der Waals surface area contributed by atoms with Crippen LogP contribution in [0.3, 0.4) is 0 Å². The average Bonchev–Trinajstić information content (AvgIpc) is 3.35. The Morgan fingerprint density at radius 1 is 1.30 bits per heavy atom. The zero-order valence-corrected chi connectivity index (χ0v) is 16.3. The maximum atomic E-state index is 13.0. The summed E-state index contributed by atoms with van der Waals surface area (Å²) >= 11 is 3.00. The number of anilines is 1. The van der Waals surface area contributed by atoms with Crippen molar-refractivity contribution in [2.24, 2.45) is 7.05 Å². The third kappa shape index (κ3) is 4.09. The zero-order chi connectivity index (χ0) is 18.6. The fourth-order valence-electron chi connectivity index (χ4n) is 2.69. The molecule has 1 aliphatic rings. The molecule has 1 amide bonds. The number of carbonyl (C=O) groups is 1. The highest BCUT2D eigenvalue weighted by atomic mass is 32.2. The molecule has 0 N–H and O–H groups in total. The van der Waals surface area contributed by atoms with Crippen LogP contribution in [-0.2, 0) is 18.4 Å². The van der Waals surface area contributed by atoms with Crippen molar-refractivity contribution in [3.8, 4) is 11.5 Å². The van der Waals surface area contributed by atoms with Crippen LogP contribution in [-0.4, -0.2) is 39.6 Å². The Labute approximate surface area is 164 Å². The van der Waals surface area contributed by atoms with E-state index >= 15 is 0 Å². The quantitative estimate of drug-likeness (QED) is 0.591. The van der Waals surface area contributed by atoms with E-state index in [1.165, 1.54) is 11.8 Å². The Hall–Kier alpha value is -2.52. The summed E-state index contributed by atoms with van der Waals surface area (Å²) in [6.07, 6.45) is 1.62. The van der Waals surface area contributed by atoms with Gasteiger partial charge in [0.1, 0.15) is 19.5 Å². The molecule has 0 saturated carbocycles. The summed E-state index contributed by atoms with van der Waals surface area (Å²) < 4.78 is 13.1. The molecule has 27 heavy (non-hydrogen) atoms. The number of rotatable bonds is 6. The molecule has 1 aliphatic heterocycles. The van der Waals surface area contributed by atoms with Crippen LogP contribution in [0.25, 0.3) is 0 Å². The first-order valence-electron chi connectivity index (χ1n) is 8.40. The number of hydrogen-bond acceptors (Lipinski definition) is 7. The smallest absolute Gasteiger partial charge is 0.237 e. The first-order valence-corrected chi connectivity index (χ1v) is 10.3. The Balaban J connectivity index is 1.56. The molecule has 3 heterocycles. The van der Waals surface area contributed by atoms with Crippen molar-refractivity contribution >= 4 is 34.7 Å². The number of carbonyl (C=O) groups excluding carboxylic acids is 1. The van der Waals surface area contributed by atoms with Crippen LogP contribution in [0.1, 0.15) is 4.88 Å². The standard InChI is InChI=1S/C18H18N4O3S2/c1-21-12-19-20-18(21)27-11-17(23)22(10-14-3-2-8-26-14)13-4-5-15-16(9-13)25-7-6-24-15/h2-5,8-9,12H,6-7,10-11H2,1H3. The topological polar surface area (TPSA) is 69.5 Å². The SMILES string of the molecule is Cn1cnnc1SCC(=O)N(Cc1cccs1)c1ccc2c(c1)OCCO2. The van der Waals surface area contributed by atoms with Crippen LogP contribution in [0.5, 0.6) is 11.5 Å². The van der Waals surface area contributed by atoms with E-state index in [-0.39, 0.29) is 11.7 Å². The summed E-state index contributed by atoms with van der Waals surface area (Å²) in [4.78, 5) is 15.9. The Bertz CT molecular complexity index is 927. The van der Waals surface area contributed by atoms with E-state index in [1.54, 1.807) is 27.1 Å². The van der Waals surface area contributed by atoms with Gasteiger partial charge in [-0.05, 0) is 23.6 Å². The monoisotopic (exact) mass is 402 g/mol. The van der Waals surface area contributed by atoms with E-state index in [2.05, 4.69) is 10.2 Å². The molecule has 9 heteroatoms. The van der Waals surface area contributed by atoms with Gasteiger partial charge in [-0.2, -0.15) is 0 Å². The second kappa shape index (κ2) is 8.01. The Morgan fingerprint density at radius 2 is 2.15 bits per heavy atom. The molecule has 3 aromatic rings. The van der Waals surface area contributed by atoms with E-state index in [4.69, 9.17) is 9.47 Å². The van der Waals surface area contributed by atoms with Crippen LogP contribution in [0.2, 0.25) is 0 Å². The number of thioether (sulfide) groups is 1. The lowest BCUT2D eigenvalue weighted by Crippen LogP contribution is -2.32. The molecule has 2 aromatic heterocycles. The molecule has 7 nitrogen and oxygen atoms in total. The number of hydrogen-bond donors (Lipinski definition) is 0. The minimum atomic E-state index is -0.00641. The van der Waals surface area contributed by atoms with Crippen molar-refractivity contribution in [1.82, 2.24) is 14.8 Å². The number of nitrogens with zero attached hydrogens (tertiary/aromatic N) is 4. The van der Waals surface area contributed by atoms with Crippen LogP contribution in [0.15, 0.2) is 47.2 Å². The number of benzene rings is 1. The Morgan fingerprint density at radius 3 is 2.89 bits per heavy atom. The fraction of sp³-hybridized carbons (Fsp3) is 0.278. The lowest BCUT2D eigenvalue weighted by Gasteiger charge is -2.25. The van der Waals surface area contributed by atoms with Gasteiger partial charge in [0.05, 0.1) is 12.3 Å². The third-order valence-corrected chi connectivity index (χ3v) is 5.91. The molecule has 0 spiro atoms. The second-order valence-electron chi connectivity index (χ2n) is 5.90. The van der Waals surface area contributed by atoms with Gasteiger partial charge in [0.25, 0.3) is 0 Å². The van der Waals surface area contributed by atoms with Crippen LogP contribution >= 0.6 is 23.1 Å². The molecule has 0 unspecified atom stereocenters. The van der Waals surface area contributed by atoms with Gasteiger partial charge < -0.3 is 18.9 Å². The van der Waals surface area contributed by atoms with Crippen molar-refractivity contribution < 1.29 is 14.3 Å². The highest BCUT2D eigenvalue weighted by Gasteiger charge is 2.21. The lowest BCUT2D eigenvalue weighted by molar-refractivity contribution is -0.116. The zero-order valence-electron chi connectivity index (χ0n) is 14.7. The van der Waals surface area contributed by atoms with E-state index in [0.29, 0.717) is 36.4 Å². The number of thiophene rings is 1. The molecule has 1 aromatic carbocycles. The van der Waals surface area contributed by atoms with Crippen molar-refractivity contribution in [2.45, 2.75) is 11.7 Å². The Kier molecular flexibility index (Phi) is 5.30. The van der Waals surface area contributed by atoms with Crippen molar-refractivity contribution in [1.29, 1.82) is 0 Å². The molecule has 0 radical (unpaired) electrons. The van der Waals surface area contributed by atoms with E-state index in [0.717, 1.165) is 10.6 Å². The van der Waals surface area contributed by atoms with Crippen molar-refractivity contribution in [3.05, 3.63) is 46.9 Å². The minimum absolute atomic E-state index is 0.00641. The van der Waals surface area contributed by atoms with E-state index < -0.39 is 0 Å². The summed E-state index contributed by atoms with van der Waals surface area (Å²) in [5, 5.41) is 10.6. The maximum absolute atomic E-state index is 13.0. The van der Waals surface area contributed by atoms with Crippen LogP contribution < -0.4 is 14.4 Å². The number of aryl methyl sites for hydroxylation is 1. The predicted molar refractivity (Wildman–Crippen MR) is 105 cm³/mol. The number of ether oxygens (including phenoxy) is 2. The van der Waals surface area contributed by atoms with Crippen LogP contribution in [0.4, 0.5) is 5.69 Å². The third-order valence-electron chi connectivity index (χ3n) is 4.03. The fourth-order valence-corrected chi connectivity index (χ4v) is 4.15. The van der Waals surface area contributed by atoms with Gasteiger partial charge in [0, 0.05) is 23.7 Å². The first kappa shape index (κ1) is 17.9. The molecule has 0 saturated heterocycles. The van der Waals surface area contributed by atoms with Gasteiger partial charge in [0.15, 0.2) is 16.7 Å². The van der Waals surface area contributed by atoms with Gasteiger partial charge in [-0.15, -0.1) is 21.5 Å². The summed E-state index contributed by atoms with van der Waals surface area (Å²) in [5.74, 6) is 1.64. The summed E-state index contributed by atoms with van der Waals surface area (Å²) in [5.41, 5.74) is 0.788. The highest BCUT2D eigenvalue weighted by Crippen LogP contribution is 2.35. The van der Waals surface area contributed by atoms with Crippen molar-refractivity contribution in [3.63, 3.8) is 0 Å². The van der Waals surface area contributed by atoms with Gasteiger partial charge in [-0.1, -0.05) is 17.8 Å². The number of fused-ring (bicyclic) bond motifs is 1. The molecule has 0 bridgehead atoms. The minimum Gasteiger partial charge on any atom is -0.486 e. The molecule has 140 valence electrons. The van der Waals surface area contributed by atoms with Crippen LogP contribution in [0, 0.1) is 0 Å². The second-order valence-corrected chi connectivity index (χ2v) is 7.88. The molecular weight excluding hydrogens is 384 g/mol. The van der Waals surface area contributed by atoms with Gasteiger partial charge in [0.2, 0.25) is 5.91 Å². The molecular formula is C18H18N4O3S2. The van der Waals surface area contributed by atoms with Gasteiger partial charge >= 0.3 is 0 Å². The largest absolute Gasteiger partial charge is 0.486 e. The maximum Gasteiger partial charge on any atom is 0.237 e. The number of amides is 1. The molecule has 0 atom stereocenters. The number of aromatic nitrogens is 3. The predicted octanol–water partition coefficient (Wildman–Crippen LogP) is 2.97. The highest BCUT2D eigenvalue weighted by molar-refractivity contribution is 7.99. The summed E-state index contributed by atoms with van der Waals surface area (Å²) in [6.45, 7) is 1.56. The van der Waals surface area contributed by atoms with Gasteiger partial charge in [-0.25, -0.2) is 0 Å². The lowest BCUT2D eigenvalue weighted by atomic mass is 10.2. The average molecular weight is 403 g/mol. The summed E-state index contributed by atoms with van der Waals surface area (Å²) in [6, 6.07) is 9.63. The molecule has 0 aliphatic carbocycles. The van der Waals surface area contributed by atoms with E-state index in [1.807, 2.05) is 42.8 Å². The molecule has 0 fully saturated rings.